The zero-order chi connectivity index (χ0) is 19.8. The maximum Gasteiger partial charge on any atom is 0.248 e. The molecule has 2 aromatic carbocycles. The first-order valence-electron chi connectivity index (χ1n) is 10.1. The minimum absolute atomic E-state index is 0.386. The average molecular weight is 383 g/mol. The number of ether oxygens (including phenoxy) is 2. The van der Waals surface area contributed by atoms with Crippen molar-refractivity contribution >= 4 is 5.91 Å². The lowest BCUT2D eigenvalue weighted by Crippen LogP contribution is -2.38. The largest absolute Gasteiger partial charge is 0.494 e. The van der Waals surface area contributed by atoms with Crippen LogP contribution in [0.25, 0.3) is 0 Å². The van der Waals surface area contributed by atoms with Crippen molar-refractivity contribution in [2.45, 2.75) is 32.1 Å². The summed E-state index contributed by atoms with van der Waals surface area (Å²) in [6, 6.07) is 15.5. The van der Waals surface area contributed by atoms with Crippen LogP contribution in [0.15, 0.2) is 48.5 Å². The number of carbonyl (C=O) groups is 1. The quantitative estimate of drug-likeness (QED) is 0.648. The highest BCUT2D eigenvalue weighted by Gasteiger charge is 2.27. The predicted octanol–water partition coefficient (Wildman–Crippen LogP) is 3.74. The molecule has 0 aliphatic carbocycles. The molecule has 1 saturated heterocycles. The molecule has 28 heavy (non-hydrogen) atoms. The summed E-state index contributed by atoms with van der Waals surface area (Å²) >= 11 is 0. The Labute approximate surface area is 167 Å². The molecular formula is C23H30N2O3. The fourth-order valence-corrected chi connectivity index (χ4v) is 3.60. The van der Waals surface area contributed by atoms with Gasteiger partial charge >= 0.3 is 0 Å². The van der Waals surface area contributed by atoms with Crippen molar-refractivity contribution in [1.29, 1.82) is 0 Å². The Hall–Kier alpha value is -2.53. The van der Waals surface area contributed by atoms with Crippen LogP contribution in [0.5, 0.6) is 11.5 Å². The van der Waals surface area contributed by atoms with Gasteiger partial charge in [0.2, 0.25) is 5.91 Å². The lowest BCUT2D eigenvalue weighted by atomic mass is 9.81. The van der Waals surface area contributed by atoms with Crippen molar-refractivity contribution in [3.05, 3.63) is 59.7 Å². The van der Waals surface area contributed by atoms with Gasteiger partial charge in [-0.2, -0.15) is 0 Å². The molecule has 5 nitrogen and oxygen atoms in total. The van der Waals surface area contributed by atoms with Gasteiger partial charge in [-0.3, -0.25) is 4.79 Å². The molecule has 1 aliphatic heterocycles. The molecule has 0 radical (unpaired) electrons. The molecule has 1 fully saturated rings. The number of benzene rings is 2. The molecular weight excluding hydrogens is 352 g/mol. The topological polar surface area (TPSA) is 73.6 Å². The first kappa shape index (κ1) is 20.2. The third-order valence-corrected chi connectivity index (χ3v) is 5.29. The fraction of sp³-hybridized carbons (Fsp3) is 0.435. The Morgan fingerprint density at radius 2 is 1.75 bits per heavy atom. The lowest BCUT2D eigenvalue weighted by Gasteiger charge is -2.32. The predicted molar refractivity (Wildman–Crippen MR) is 111 cm³/mol. The molecule has 1 amide bonds. The van der Waals surface area contributed by atoms with Crippen molar-refractivity contribution < 1.29 is 14.3 Å². The highest BCUT2D eigenvalue weighted by Crippen LogP contribution is 2.32. The van der Waals surface area contributed by atoms with E-state index >= 15 is 0 Å². The molecule has 0 bridgehead atoms. The van der Waals surface area contributed by atoms with Crippen molar-refractivity contribution in [3.8, 4) is 11.5 Å². The average Bonchev–Trinajstić information content (AvgIpc) is 2.73. The van der Waals surface area contributed by atoms with Gasteiger partial charge in [0, 0.05) is 18.0 Å². The number of hydrogen-bond donors (Lipinski definition) is 2. The van der Waals surface area contributed by atoms with Crippen LogP contribution >= 0.6 is 0 Å². The van der Waals surface area contributed by atoms with E-state index in [9.17, 15) is 4.79 Å². The van der Waals surface area contributed by atoms with Gasteiger partial charge in [0.1, 0.15) is 11.5 Å². The molecule has 1 aliphatic rings. The third-order valence-electron chi connectivity index (χ3n) is 5.29. The zero-order valence-corrected chi connectivity index (χ0v) is 16.5. The molecule has 1 unspecified atom stereocenters. The van der Waals surface area contributed by atoms with Crippen LogP contribution in [-0.2, 0) is 0 Å². The molecule has 5 heteroatoms. The summed E-state index contributed by atoms with van der Waals surface area (Å²) in [6.07, 6.45) is 3.31. The molecule has 0 aromatic heterocycles. The van der Waals surface area contributed by atoms with Crippen LogP contribution in [0.3, 0.4) is 0 Å². The van der Waals surface area contributed by atoms with Crippen molar-refractivity contribution in [2.24, 2.45) is 11.7 Å². The normalized spacial score (nSPS) is 19.2. The van der Waals surface area contributed by atoms with E-state index in [0.29, 0.717) is 24.0 Å². The molecule has 1 heterocycles. The van der Waals surface area contributed by atoms with Crippen LogP contribution < -0.4 is 20.5 Å². The van der Waals surface area contributed by atoms with Crippen LogP contribution in [-0.4, -0.2) is 32.2 Å². The number of nitrogens with one attached hydrogen (secondary N) is 1. The second-order valence-electron chi connectivity index (χ2n) is 7.33. The maximum atomic E-state index is 11.2. The van der Waals surface area contributed by atoms with Crippen LogP contribution in [0.4, 0.5) is 0 Å². The van der Waals surface area contributed by atoms with E-state index in [1.165, 1.54) is 5.56 Å². The van der Waals surface area contributed by atoms with E-state index in [1.807, 2.05) is 0 Å². The molecule has 0 spiro atoms. The van der Waals surface area contributed by atoms with Gasteiger partial charge < -0.3 is 20.5 Å². The highest BCUT2D eigenvalue weighted by atomic mass is 16.5. The second kappa shape index (κ2) is 10.1. The van der Waals surface area contributed by atoms with Gasteiger partial charge in [0.15, 0.2) is 0 Å². The van der Waals surface area contributed by atoms with Crippen LogP contribution in [0, 0.1) is 5.92 Å². The monoisotopic (exact) mass is 382 g/mol. The number of rotatable bonds is 9. The number of hydrogen-bond acceptors (Lipinski definition) is 4. The summed E-state index contributed by atoms with van der Waals surface area (Å²) in [5.74, 6) is 2.11. The smallest absolute Gasteiger partial charge is 0.248 e. The van der Waals surface area contributed by atoms with E-state index in [1.54, 1.807) is 24.3 Å². The maximum absolute atomic E-state index is 11.2. The molecule has 3 N–H and O–H groups in total. The standard InChI is InChI=1S/C23H30N2O3/c1-2-3-14-27-20-8-4-17(5-9-20)22-12-13-25-15-19(22)16-28-21-10-6-18(7-11-21)23(24)26/h4-11,19,22,25H,2-3,12-16H2,1H3,(H2,24,26)/t19?,22-/m0/s1. The fourth-order valence-electron chi connectivity index (χ4n) is 3.60. The SMILES string of the molecule is CCCCOc1ccc([C@@H]2CCNCC2COc2ccc(C(N)=O)cc2)cc1. The van der Waals surface area contributed by atoms with E-state index in [2.05, 4.69) is 36.5 Å². The number of piperidine rings is 1. The molecule has 2 aromatic rings. The number of carbonyl (C=O) groups excluding carboxylic acids is 1. The van der Waals surface area contributed by atoms with Crippen LogP contribution in [0.1, 0.15) is 48.0 Å². The molecule has 0 saturated carbocycles. The first-order chi connectivity index (χ1) is 13.7. The van der Waals surface area contributed by atoms with Gasteiger partial charge in [0.25, 0.3) is 0 Å². The molecule has 2 atom stereocenters. The summed E-state index contributed by atoms with van der Waals surface area (Å²) in [4.78, 5) is 11.2. The third kappa shape index (κ3) is 5.49. The summed E-state index contributed by atoms with van der Waals surface area (Å²) < 4.78 is 11.8. The number of amides is 1. The Kier molecular flexibility index (Phi) is 7.31. The zero-order valence-electron chi connectivity index (χ0n) is 16.5. The summed E-state index contributed by atoms with van der Waals surface area (Å²) in [5.41, 5.74) is 7.11. The Bertz CT molecular complexity index is 743. The summed E-state index contributed by atoms with van der Waals surface area (Å²) in [7, 11) is 0. The van der Waals surface area contributed by atoms with Crippen LogP contribution in [0.2, 0.25) is 0 Å². The number of primary amides is 1. The Morgan fingerprint density at radius 3 is 2.43 bits per heavy atom. The number of nitrogens with two attached hydrogens (primary N) is 1. The van der Waals surface area contributed by atoms with Gasteiger partial charge in [-0.05, 0) is 67.3 Å². The second-order valence-corrected chi connectivity index (χ2v) is 7.33. The molecule has 150 valence electrons. The van der Waals surface area contributed by atoms with E-state index < -0.39 is 5.91 Å². The lowest BCUT2D eigenvalue weighted by molar-refractivity contribution is 0.1000. The van der Waals surface area contributed by atoms with E-state index in [-0.39, 0.29) is 0 Å². The van der Waals surface area contributed by atoms with E-state index in [4.69, 9.17) is 15.2 Å². The number of unbranched alkanes of at least 4 members (excludes halogenated alkanes) is 1. The summed E-state index contributed by atoms with van der Waals surface area (Å²) in [6.45, 7) is 5.51. The van der Waals surface area contributed by atoms with Crippen molar-refractivity contribution in [3.63, 3.8) is 0 Å². The van der Waals surface area contributed by atoms with Crippen molar-refractivity contribution in [2.75, 3.05) is 26.3 Å². The Morgan fingerprint density at radius 1 is 1.07 bits per heavy atom. The van der Waals surface area contributed by atoms with Gasteiger partial charge in [-0.25, -0.2) is 0 Å². The van der Waals surface area contributed by atoms with Gasteiger partial charge in [-0.15, -0.1) is 0 Å². The highest BCUT2D eigenvalue weighted by molar-refractivity contribution is 5.92. The minimum atomic E-state index is -0.426. The van der Waals surface area contributed by atoms with E-state index in [0.717, 1.165) is 50.5 Å². The van der Waals surface area contributed by atoms with Gasteiger partial charge in [0.05, 0.1) is 13.2 Å². The van der Waals surface area contributed by atoms with Gasteiger partial charge in [-0.1, -0.05) is 25.5 Å². The summed E-state index contributed by atoms with van der Waals surface area (Å²) in [5, 5.41) is 3.47. The van der Waals surface area contributed by atoms with Crippen molar-refractivity contribution in [1.82, 2.24) is 5.32 Å². The first-order valence-corrected chi connectivity index (χ1v) is 10.1. The molecule has 3 rings (SSSR count). The minimum Gasteiger partial charge on any atom is -0.494 e. The Balaban J connectivity index is 1.59.